The Kier molecular flexibility index (Phi) is 8.04. The molecular weight excluding hydrogens is 428 g/mol. The van der Waals surface area contributed by atoms with E-state index in [1.54, 1.807) is 18.9 Å². The highest BCUT2D eigenvalue weighted by Crippen LogP contribution is 2.27. The molecular formula is C18H22N6O2S3. The van der Waals surface area contributed by atoms with Gasteiger partial charge in [0.05, 0.1) is 5.75 Å². The van der Waals surface area contributed by atoms with Gasteiger partial charge in [-0.05, 0) is 18.1 Å². The largest absolute Gasteiger partial charge is 0.377 e. The van der Waals surface area contributed by atoms with Gasteiger partial charge in [-0.25, -0.2) is 0 Å². The van der Waals surface area contributed by atoms with Crippen LogP contribution in [0.2, 0.25) is 0 Å². The van der Waals surface area contributed by atoms with Crippen LogP contribution in [0.1, 0.15) is 19.7 Å². The van der Waals surface area contributed by atoms with Crippen molar-refractivity contribution in [3.63, 3.8) is 0 Å². The Balaban J connectivity index is 1.62. The van der Waals surface area contributed by atoms with E-state index in [1.165, 1.54) is 23.1 Å². The molecule has 0 radical (unpaired) electrons. The average molecular weight is 451 g/mol. The van der Waals surface area contributed by atoms with E-state index >= 15 is 0 Å². The van der Waals surface area contributed by atoms with E-state index in [0.717, 1.165) is 15.8 Å². The van der Waals surface area contributed by atoms with E-state index in [9.17, 15) is 4.79 Å². The molecule has 0 aliphatic heterocycles. The summed E-state index contributed by atoms with van der Waals surface area (Å²) in [5, 5.41) is 20.5. The molecule has 1 amide bonds. The van der Waals surface area contributed by atoms with Gasteiger partial charge >= 0.3 is 0 Å². The number of rotatable bonds is 10. The highest BCUT2D eigenvalue weighted by Gasteiger charge is 2.16. The summed E-state index contributed by atoms with van der Waals surface area (Å²) in [4.78, 5) is 12.4. The molecule has 1 N–H and O–H groups in total. The van der Waals surface area contributed by atoms with Gasteiger partial charge in [-0.15, -0.1) is 20.4 Å². The number of ether oxygens (including phenoxy) is 1. The minimum Gasteiger partial charge on any atom is -0.377 e. The lowest BCUT2D eigenvalue weighted by Gasteiger charge is -2.09. The Morgan fingerprint density at radius 3 is 2.69 bits per heavy atom. The van der Waals surface area contributed by atoms with Crippen molar-refractivity contribution in [2.45, 2.75) is 30.0 Å². The zero-order valence-corrected chi connectivity index (χ0v) is 18.8. The molecule has 0 unspecified atom stereocenters. The van der Waals surface area contributed by atoms with Crippen molar-refractivity contribution in [2.24, 2.45) is 5.92 Å². The summed E-state index contributed by atoms with van der Waals surface area (Å²) in [5.41, 5.74) is 0.920. The fourth-order valence-corrected chi connectivity index (χ4v) is 4.81. The summed E-state index contributed by atoms with van der Waals surface area (Å²) in [7, 11) is 1.61. The summed E-state index contributed by atoms with van der Waals surface area (Å²) in [6.07, 6.45) is 0. The van der Waals surface area contributed by atoms with Crippen LogP contribution in [0.5, 0.6) is 0 Å². The monoisotopic (exact) mass is 450 g/mol. The van der Waals surface area contributed by atoms with Crippen LogP contribution in [0, 0.1) is 5.92 Å². The molecule has 0 aliphatic rings. The first-order valence-electron chi connectivity index (χ1n) is 8.94. The lowest BCUT2D eigenvalue weighted by molar-refractivity contribution is -0.113. The fourth-order valence-electron chi connectivity index (χ4n) is 2.29. The second-order valence-corrected chi connectivity index (χ2v) is 9.60. The van der Waals surface area contributed by atoms with Crippen LogP contribution < -0.4 is 5.32 Å². The molecule has 3 rings (SSSR count). The maximum Gasteiger partial charge on any atom is 0.236 e. The summed E-state index contributed by atoms with van der Waals surface area (Å²) >= 11 is 4.34. The van der Waals surface area contributed by atoms with Gasteiger partial charge in [0, 0.05) is 18.6 Å². The Bertz CT molecular complexity index is 929. The van der Waals surface area contributed by atoms with Gasteiger partial charge in [-0.2, -0.15) is 0 Å². The maximum atomic E-state index is 12.4. The number of nitrogens with zero attached hydrogens (tertiary/aromatic N) is 5. The number of nitrogens with one attached hydrogen (secondary N) is 1. The van der Waals surface area contributed by atoms with Crippen LogP contribution >= 0.6 is 34.9 Å². The van der Waals surface area contributed by atoms with Crippen molar-refractivity contribution in [3.8, 4) is 5.69 Å². The molecule has 29 heavy (non-hydrogen) atoms. The second-order valence-electron chi connectivity index (χ2n) is 6.42. The lowest BCUT2D eigenvalue weighted by atomic mass is 10.3. The number of thioether (sulfide) groups is 2. The van der Waals surface area contributed by atoms with Crippen molar-refractivity contribution in [1.29, 1.82) is 0 Å². The summed E-state index contributed by atoms with van der Waals surface area (Å²) in [6, 6.07) is 9.75. The number of methoxy groups -OCH3 is 1. The van der Waals surface area contributed by atoms with Gasteiger partial charge in [0.2, 0.25) is 11.0 Å². The highest BCUT2D eigenvalue weighted by atomic mass is 32.2. The average Bonchev–Trinajstić information content (AvgIpc) is 3.32. The Morgan fingerprint density at radius 2 is 1.97 bits per heavy atom. The second kappa shape index (κ2) is 10.7. The van der Waals surface area contributed by atoms with Gasteiger partial charge < -0.3 is 4.74 Å². The van der Waals surface area contributed by atoms with Gasteiger partial charge in [0.25, 0.3) is 0 Å². The minimum absolute atomic E-state index is 0.164. The smallest absolute Gasteiger partial charge is 0.236 e. The molecule has 3 aromatic rings. The van der Waals surface area contributed by atoms with E-state index in [-0.39, 0.29) is 11.7 Å². The molecule has 0 saturated carbocycles. The first-order chi connectivity index (χ1) is 14.1. The molecule has 11 heteroatoms. The van der Waals surface area contributed by atoms with Crippen molar-refractivity contribution in [1.82, 2.24) is 25.0 Å². The lowest BCUT2D eigenvalue weighted by Crippen LogP contribution is -2.14. The van der Waals surface area contributed by atoms with Crippen LogP contribution in [0.15, 0.2) is 39.8 Å². The number of carbonyl (C=O) groups is 1. The molecule has 0 atom stereocenters. The quantitative estimate of drug-likeness (QED) is 0.369. The molecule has 0 bridgehead atoms. The Hall–Kier alpha value is -1.95. The standard InChI is InChI=1S/C18H22N6O2S3/c1-12(2)10-28-18-23-21-16(29-18)19-15(25)11-27-17-22-20-14(9-26-3)24(17)13-7-5-4-6-8-13/h4-8,12H,9-11H2,1-3H3,(H,19,21,25). The topological polar surface area (TPSA) is 94.8 Å². The number of benzene rings is 1. The number of amides is 1. The number of carbonyl (C=O) groups excluding carboxylic acids is 1. The SMILES string of the molecule is COCc1nnc(SCC(=O)Nc2nnc(SCC(C)C)s2)n1-c1ccccc1. The van der Waals surface area contributed by atoms with E-state index in [4.69, 9.17) is 4.74 Å². The number of hydrogen-bond donors (Lipinski definition) is 1. The third-order valence-corrected chi connectivity index (χ3v) is 6.84. The van der Waals surface area contributed by atoms with Crippen LogP contribution in [-0.2, 0) is 16.1 Å². The van der Waals surface area contributed by atoms with Gasteiger partial charge in [-0.1, -0.05) is 66.9 Å². The molecule has 0 saturated heterocycles. The third-order valence-electron chi connectivity index (χ3n) is 3.51. The van der Waals surface area contributed by atoms with Gasteiger partial charge in [0.15, 0.2) is 15.3 Å². The predicted molar refractivity (Wildman–Crippen MR) is 117 cm³/mol. The number of aromatic nitrogens is 5. The molecule has 0 spiro atoms. The molecule has 2 heterocycles. The van der Waals surface area contributed by atoms with Crippen molar-refractivity contribution < 1.29 is 9.53 Å². The highest BCUT2D eigenvalue weighted by molar-refractivity contribution is 8.01. The van der Waals surface area contributed by atoms with Crippen LogP contribution in [-0.4, -0.2) is 49.5 Å². The summed E-state index contributed by atoms with van der Waals surface area (Å²) < 4.78 is 7.97. The number of anilines is 1. The molecule has 8 nitrogen and oxygen atoms in total. The molecule has 0 aliphatic carbocycles. The van der Waals surface area contributed by atoms with E-state index in [1.807, 2.05) is 34.9 Å². The first-order valence-corrected chi connectivity index (χ1v) is 11.7. The number of para-hydroxylation sites is 1. The fraction of sp³-hybridized carbons (Fsp3) is 0.389. The number of hydrogen-bond acceptors (Lipinski definition) is 9. The zero-order valence-electron chi connectivity index (χ0n) is 16.4. The summed E-state index contributed by atoms with van der Waals surface area (Å²) in [5.74, 6) is 2.24. The van der Waals surface area contributed by atoms with Crippen molar-refractivity contribution >= 4 is 45.9 Å². The van der Waals surface area contributed by atoms with E-state index in [2.05, 4.69) is 39.6 Å². The zero-order chi connectivity index (χ0) is 20.6. The van der Waals surface area contributed by atoms with Crippen LogP contribution in [0.25, 0.3) is 5.69 Å². The summed E-state index contributed by atoms with van der Waals surface area (Å²) in [6.45, 7) is 4.64. The molecule has 0 fully saturated rings. The van der Waals surface area contributed by atoms with Crippen LogP contribution in [0.4, 0.5) is 5.13 Å². The predicted octanol–water partition coefficient (Wildman–Crippen LogP) is 3.74. The normalized spacial score (nSPS) is 11.2. The molecule has 154 valence electrons. The van der Waals surface area contributed by atoms with Gasteiger partial charge in [-0.3, -0.25) is 14.7 Å². The van der Waals surface area contributed by atoms with Crippen LogP contribution in [0.3, 0.4) is 0 Å². The third kappa shape index (κ3) is 6.26. The molecule has 1 aromatic carbocycles. The Labute approximate surface area is 181 Å². The van der Waals surface area contributed by atoms with Crippen molar-refractivity contribution in [3.05, 3.63) is 36.2 Å². The van der Waals surface area contributed by atoms with E-state index in [0.29, 0.717) is 28.6 Å². The Morgan fingerprint density at radius 1 is 1.17 bits per heavy atom. The van der Waals surface area contributed by atoms with Gasteiger partial charge in [0.1, 0.15) is 6.61 Å². The molecule has 2 aromatic heterocycles. The van der Waals surface area contributed by atoms with Crippen molar-refractivity contribution in [2.75, 3.05) is 23.9 Å². The maximum absolute atomic E-state index is 12.4. The minimum atomic E-state index is -0.164. The van der Waals surface area contributed by atoms with E-state index < -0.39 is 0 Å². The first kappa shape index (κ1) is 21.8.